The van der Waals surface area contributed by atoms with Crippen LogP contribution in [0.2, 0.25) is 0 Å². The van der Waals surface area contributed by atoms with Crippen LogP contribution in [0.15, 0.2) is 24.3 Å². The first-order chi connectivity index (χ1) is 12.0. The van der Waals surface area contributed by atoms with E-state index in [2.05, 4.69) is 34.6 Å². The molecule has 1 fully saturated rings. The van der Waals surface area contributed by atoms with Crippen LogP contribution in [-0.4, -0.2) is 27.2 Å². The van der Waals surface area contributed by atoms with Gasteiger partial charge in [-0.3, -0.25) is 9.89 Å². The largest absolute Gasteiger partial charge is 0.355 e. The van der Waals surface area contributed by atoms with Gasteiger partial charge in [0.25, 0.3) is 0 Å². The number of hydrogen-bond donors (Lipinski definition) is 2. The van der Waals surface area contributed by atoms with Crippen LogP contribution in [-0.2, 0) is 23.7 Å². The van der Waals surface area contributed by atoms with E-state index in [1.54, 1.807) is 0 Å². The zero-order valence-corrected chi connectivity index (χ0v) is 15.8. The predicted octanol–water partition coefficient (Wildman–Crippen LogP) is 3.35. The number of amides is 1. The monoisotopic (exact) mass is 358 g/mol. The fourth-order valence-electron chi connectivity index (χ4n) is 3.94. The van der Waals surface area contributed by atoms with Gasteiger partial charge in [-0.25, -0.2) is 0 Å². The zero-order chi connectivity index (χ0) is 17.9. The van der Waals surface area contributed by atoms with Crippen molar-refractivity contribution < 1.29 is 4.79 Å². The highest BCUT2D eigenvalue weighted by Crippen LogP contribution is 2.41. The maximum absolute atomic E-state index is 13.2. The third kappa shape index (κ3) is 3.54. The molecular weight excluding hydrogens is 332 g/mol. The molecule has 0 bridgehead atoms. The second kappa shape index (κ2) is 7.52. The van der Waals surface area contributed by atoms with Crippen LogP contribution < -0.4 is 5.32 Å². The molecule has 3 rings (SSSR count). The fraction of sp³-hybridized carbons (Fsp3) is 0.526. The Labute approximate surface area is 153 Å². The minimum atomic E-state index is -0.388. The lowest BCUT2D eigenvalue weighted by Gasteiger charge is -2.37. The lowest BCUT2D eigenvalue weighted by atomic mass is 9.67. The molecule has 0 saturated heterocycles. The van der Waals surface area contributed by atoms with Crippen LogP contribution in [0, 0.1) is 11.7 Å². The summed E-state index contributed by atoms with van der Waals surface area (Å²) in [6, 6.07) is 8.31. The van der Waals surface area contributed by atoms with Gasteiger partial charge in [0.15, 0.2) is 4.77 Å². The highest BCUT2D eigenvalue weighted by molar-refractivity contribution is 7.71. The number of benzene rings is 1. The van der Waals surface area contributed by atoms with E-state index in [4.69, 9.17) is 12.2 Å². The van der Waals surface area contributed by atoms with Crippen molar-refractivity contribution in [3.63, 3.8) is 0 Å². The first-order valence-corrected chi connectivity index (χ1v) is 9.40. The molecule has 0 aliphatic heterocycles. The topological polar surface area (TPSA) is 62.7 Å². The van der Waals surface area contributed by atoms with Gasteiger partial charge in [-0.1, -0.05) is 43.5 Å². The summed E-state index contributed by atoms with van der Waals surface area (Å²) in [7, 11) is 1.89. The molecule has 134 valence electrons. The van der Waals surface area contributed by atoms with Crippen molar-refractivity contribution in [2.24, 2.45) is 7.05 Å². The van der Waals surface area contributed by atoms with E-state index in [9.17, 15) is 4.79 Å². The summed E-state index contributed by atoms with van der Waals surface area (Å²) in [6.45, 7) is 2.67. The van der Waals surface area contributed by atoms with Crippen LogP contribution in [0.5, 0.6) is 0 Å². The third-order valence-electron chi connectivity index (χ3n) is 5.41. The second-order valence-corrected chi connectivity index (χ2v) is 7.35. The van der Waals surface area contributed by atoms with Crippen molar-refractivity contribution in [2.75, 3.05) is 6.54 Å². The average molecular weight is 359 g/mol. The van der Waals surface area contributed by atoms with E-state index < -0.39 is 0 Å². The van der Waals surface area contributed by atoms with Crippen LogP contribution in [0.25, 0.3) is 0 Å². The molecule has 1 aromatic carbocycles. The van der Waals surface area contributed by atoms with Gasteiger partial charge < -0.3 is 9.88 Å². The number of carbonyl (C=O) groups excluding carboxylic acids is 1. The number of aromatic nitrogens is 3. The average Bonchev–Trinajstić information content (AvgIpc) is 2.95. The first-order valence-electron chi connectivity index (χ1n) is 8.99. The lowest BCUT2D eigenvalue weighted by molar-refractivity contribution is -0.128. The van der Waals surface area contributed by atoms with Crippen LogP contribution in [0.4, 0.5) is 0 Å². The van der Waals surface area contributed by atoms with Crippen LogP contribution in [0.3, 0.4) is 0 Å². The Morgan fingerprint density at radius 2 is 2.04 bits per heavy atom. The van der Waals surface area contributed by atoms with Gasteiger partial charge in [-0.15, -0.1) is 0 Å². The summed E-state index contributed by atoms with van der Waals surface area (Å²) in [4.78, 5) is 13.2. The van der Waals surface area contributed by atoms with E-state index in [0.29, 0.717) is 17.7 Å². The molecule has 0 atom stereocenters. The Kier molecular flexibility index (Phi) is 5.37. The maximum Gasteiger partial charge on any atom is 0.230 e. The standard InChI is InChI=1S/C19H26N4OS/c1-14-8-4-5-9-15(14)19(11-6-3-7-12-19)17(24)20-13-10-16-21-22-18(25)23(16)2/h4-5,8-9H,3,6-7,10-13H2,1-2H3,(H,20,24)(H,22,25). The Morgan fingerprint density at radius 1 is 1.32 bits per heavy atom. The lowest BCUT2D eigenvalue weighted by Crippen LogP contribution is -2.46. The molecular formula is C19H26N4OS. The van der Waals surface area contributed by atoms with Gasteiger partial charge in [0.1, 0.15) is 5.82 Å². The highest BCUT2D eigenvalue weighted by atomic mass is 32.1. The quantitative estimate of drug-likeness (QED) is 0.806. The van der Waals surface area contributed by atoms with Gasteiger partial charge in [-0.05, 0) is 43.1 Å². The Morgan fingerprint density at radius 3 is 2.68 bits per heavy atom. The first kappa shape index (κ1) is 17.9. The molecule has 1 aliphatic carbocycles. The van der Waals surface area contributed by atoms with Crippen LogP contribution in [0.1, 0.15) is 49.1 Å². The van der Waals surface area contributed by atoms with Crippen molar-refractivity contribution in [3.8, 4) is 0 Å². The van der Waals surface area contributed by atoms with Crippen molar-refractivity contribution >= 4 is 18.1 Å². The minimum Gasteiger partial charge on any atom is -0.355 e. The number of aromatic amines is 1. The number of H-pyrrole nitrogens is 1. The maximum atomic E-state index is 13.2. The second-order valence-electron chi connectivity index (χ2n) is 6.97. The number of carbonyl (C=O) groups is 1. The molecule has 25 heavy (non-hydrogen) atoms. The third-order valence-corrected chi connectivity index (χ3v) is 5.77. The molecule has 1 amide bonds. The summed E-state index contributed by atoms with van der Waals surface area (Å²) in [6.07, 6.45) is 5.95. The van der Waals surface area contributed by atoms with Crippen molar-refractivity contribution in [1.82, 2.24) is 20.1 Å². The molecule has 2 aromatic rings. The predicted molar refractivity (Wildman–Crippen MR) is 101 cm³/mol. The zero-order valence-electron chi connectivity index (χ0n) is 15.0. The van der Waals surface area contributed by atoms with E-state index in [1.165, 1.54) is 17.5 Å². The number of nitrogens with one attached hydrogen (secondary N) is 2. The normalized spacial score (nSPS) is 16.6. The molecule has 1 heterocycles. The number of hydrogen-bond acceptors (Lipinski definition) is 3. The van der Waals surface area contributed by atoms with Gasteiger partial charge in [0, 0.05) is 20.0 Å². The molecule has 0 unspecified atom stereocenters. The van der Waals surface area contributed by atoms with Crippen molar-refractivity contribution in [1.29, 1.82) is 0 Å². The van der Waals surface area contributed by atoms with Gasteiger partial charge in [0.05, 0.1) is 5.41 Å². The number of rotatable bonds is 5. The van der Waals surface area contributed by atoms with E-state index in [1.807, 2.05) is 23.7 Å². The Bertz CT molecular complexity index is 802. The molecule has 5 nitrogen and oxygen atoms in total. The summed E-state index contributed by atoms with van der Waals surface area (Å²) in [5, 5.41) is 10.2. The smallest absolute Gasteiger partial charge is 0.230 e. The van der Waals surface area contributed by atoms with E-state index >= 15 is 0 Å². The molecule has 0 radical (unpaired) electrons. The van der Waals surface area contributed by atoms with Gasteiger partial charge >= 0.3 is 0 Å². The fourth-order valence-corrected chi connectivity index (χ4v) is 4.10. The van der Waals surface area contributed by atoms with Crippen molar-refractivity contribution in [3.05, 3.63) is 46.0 Å². The summed E-state index contributed by atoms with van der Waals surface area (Å²) < 4.78 is 2.45. The molecule has 1 saturated carbocycles. The number of aryl methyl sites for hydroxylation is 1. The number of nitrogens with zero attached hydrogens (tertiary/aromatic N) is 2. The Balaban J connectivity index is 1.75. The molecule has 1 aromatic heterocycles. The summed E-state index contributed by atoms with van der Waals surface area (Å²) >= 11 is 5.13. The highest BCUT2D eigenvalue weighted by Gasteiger charge is 2.41. The summed E-state index contributed by atoms with van der Waals surface area (Å²) in [5.74, 6) is 1.01. The van der Waals surface area contributed by atoms with Gasteiger partial charge in [-0.2, -0.15) is 5.10 Å². The van der Waals surface area contributed by atoms with E-state index in [-0.39, 0.29) is 11.3 Å². The SMILES string of the molecule is Cc1ccccc1C1(C(=O)NCCc2n[nH]c(=S)n2C)CCCCC1. The molecule has 2 N–H and O–H groups in total. The summed E-state index contributed by atoms with van der Waals surface area (Å²) in [5.41, 5.74) is 2.00. The molecule has 0 spiro atoms. The molecule has 1 aliphatic rings. The van der Waals surface area contributed by atoms with Crippen molar-refractivity contribution in [2.45, 2.75) is 50.9 Å². The van der Waals surface area contributed by atoms with E-state index in [0.717, 1.165) is 31.5 Å². The Hall–Kier alpha value is -1.95. The minimum absolute atomic E-state index is 0.151. The van der Waals surface area contributed by atoms with Crippen LogP contribution >= 0.6 is 12.2 Å². The van der Waals surface area contributed by atoms with Gasteiger partial charge in [0.2, 0.25) is 5.91 Å². The molecule has 6 heteroatoms.